The van der Waals surface area contributed by atoms with E-state index < -0.39 is 0 Å². The van der Waals surface area contributed by atoms with Gasteiger partial charge in [0, 0.05) is 19.2 Å². The standard InChI is InChI=1S/C13H18N6O/c1-3-16-11-9-13(19(7-5-14)8-6-15)18-12(17-11)10-20-4-2/h9H,3-4,7-8,10H2,1-2H3,(H,16,17,18). The fourth-order valence-corrected chi connectivity index (χ4v) is 1.56. The molecule has 20 heavy (non-hydrogen) atoms. The second kappa shape index (κ2) is 8.68. The Hall–Kier alpha value is -2.38. The maximum absolute atomic E-state index is 8.82. The molecular formula is C13H18N6O. The Bertz CT molecular complexity index is 489. The Morgan fingerprint density at radius 2 is 1.95 bits per heavy atom. The molecule has 0 spiro atoms. The van der Waals surface area contributed by atoms with Crippen LogP contribution in [0.5, 0.6) is 0 Å². The SMILES string of the molecule is CCNc1cc(N(CC#N)CC#N)nc(COCC)n1. The number of anilines is 2. The molecule has 0 radical (unpaired) electrons. The van der Waals surface area contributed by atoms with Crippen LogP contribution in [0.1, 0.15) is 19.7 Å². The van der Waals surface area contributed by atoms with Crippen LogP contribution in [0.2, 0.25) is 0 Å². The van der Waals surface area contributed by atoms with E-state index in [1.165, 1.54) is 0 Å². The lowest BCUT2D eigenvalue weighted by Gasteiger charge is -2.18. The van der Waals surface area contributed by atoms with E-state index in [0.29, 0.717) is 30.7 Å². The number of nitrogens with one attached hydrogen (secondary N) is 1. The second-order valence-electron chi connectivity index (χ2n) is 3.87. The van der Waals surface area contributed by atoms with Gasteiger partial charge in [0.05, 0.1) is 12.1 Å². The van der Waals surface area contributed by atoms with Crippen LogP contribution in [0, 0.1) is 22.7 Å². The first kappa shape index (κ1) is 15.7. The third kappa shape index (κ3) is 4.71. The molecule has 0 aliphatic carbocycles. The quantitative estimate of drug-likeness (QED) is 0.713. The summed E-state index contributed by atoms with van der Waals surface area (Å²) in [7, 11) is 0. The van der Waals surface area contributed by atoms with Gasteiger partial charge in [-0.3, -0.25) is 0 Å². The number of aromatic nitrogens is 2. The number of rotatable bonds is 8. The number of nitriles is 2. The van der Waals surface area contributed by atoms with Gasteiger partial charge in [-0.05, 0) is 13.8 Å². The van der Waals surface area contributed by atoms with Crippen molar-refractivity contribution in [3.63, 3.8) is 0 Å². The van der Waals surface area contributed by atoms with Gasteiger partial charge in [0.15, 0.2) is 5.82 Å². The molecule has 7 nitrogen and oxygen atoms in total. The first-order valence-corrected chi connectivity index (χ1v) is 6.43. The smallest absolute Gasteiger partial charge is 0.158 e. The Labute approximate surface area is 118 Å². The fraction of sp³-hybridized carbons (Fsp3) is 0.538. The van der Waals surface area contributed by atoms with Crippen molar-refractivity contribution in [1.82, 2.24) is 9.97 Å². The van der Waals surface area contributed by atoms with Crippen LogP contribution in [0.25, 0.3) is 0 Å². The average molecular weight is 274 g/mol. The van der Waals surface area contributed by atoms with Crippen LogP contribution in [0.4, 0.5) is 11.6 Å². The van der Waals surface area contributed by atoms with Crippen molar-refractivity contribution in [2.45, 2.75) is 20.5 Å². The van der Waals surface area contributed by atoms with Gasteiger partial charge in [0.25, 0.3) is 0 Å². The minimum atomic E-state index is 0.101. The zero-order valence-electron chi connectivity index (χ0n) is 11.8. The molecule has 0 unspecified atom stereocenters. The molecule has 1 N–H and O–H groups in total. The monoisotopic (exact) mass is 274 g/mol. The summed E-state index contributed by atoms with van der Waals surface area (Å²) >= 11 is 0. The van der Waals surface area contributed by atoms with E-state index in [1.54, 1.807) is 11.0 Å². The van der Waals surface area contributed by atoms with Crippen LogP contribution < -0.4 is 10.2 Å². The van der Waals surface area contributed by atoms with Crippen LogP contribution in [0.15, 0.2) is 6.07 Å². The van der Waals surface area contributed by atoms with E-state index in [2.05, 4.69) is 15.3 Å². The summed E-state index contributed by atoms with van der Waals surface area (Å²) in [6.07, 6.45) is 0. The summed E-state index contributed by atoms with van der Waals surface area (Å²) in [5, 5.41) is 20.8. The van der Waals surface area contributed by atoms with Crippen molar-refractivity contribution in [3.8, 4) is 12.1 Å². The minimum absolute atomic E-state index is 0.101. The third-order valence-electron chi connectivity index (χ3n) is 2.40. The molecule has 1 aromatic heterocycles. The Morgan fingerprint density at radius 3 is 2.50 bits per heavy atom. The third-order valence-corrected chi connectivity index (χ3v) is 2.40. The molecule has 1 heterocycles. The van der Waals surface area contributed by atoms with Gasteiger partial charge in [-0.15, -0.1) is 0 Å². The lowest BCUT2D eigenvalue weighted by Crippen LogP contribution is -2.25. The summed E-state index contributed by atoms with van der Waals surface area (Å²) in [6.45, 7) is 5.66. The lowest BCUT2D eigenvalue weighted by atomic mass is 10.4. The van der Waals surface area contributed by atoms with Crippen molar-refractivity contribution >= 4 is 11.6 Å². The molecule has 0 aliphatic heterocycles. The highest BCUT2D eigenvalue weighted by atomic mass is 16.5. The molecule has 0 fully saturated rings. The van der Waals surface area contributed by atoms with E-state index in [0.717, 1.165) is 6.54 Å². The van der Waals surface area contributed by atoms with Gasteiger partial charge >= 0.3 is 0 Å². The van der Waals surface area contributed by atoms with Gasteiger partial charge < -0.3 is 15.0 Å². The molecule has 0 aromatic carbocycles. The topological polar surface area (TPSA) is 97.9 Å². The van der Waals surface area contributed by atoms with E-state index in [-0.39, 0.29) is 13.1 Å². The number of ether oxygens (including phenoxy) is 1. The van der Waals surface area contributed by atoms with E-state index in [4.69, 9.17) is 15.3 Å². The zero-order valence-corrected chi connectivity index (χ0v) is 11.8. The van der Waals surface area contributed by atoms with Crippen LogP contribution >= 0.6 is 0 Å². The summed E-state index contributed by atoms with van der Waals surface area (Å²) in [5.74, 6) is 1.74. The lowest BCUT2D eigenvalue weighted by molar-refractivity contribution is 0.128. The molecular weight excluding hydrogens is 256 g/mol. The molecule has 0 aliphatic rings. The molecule has 0 saturated carbocycles. The highest BCUT2D eigenvalue weighted by molar-refractivity contribution is 5.50. The van der Waals surface area contributed by atoms with Gasteiger partial charge in [-0.25, -0.2) is 9.97 Å². The van der Waals surface area contributed by atoms with Crippen LogP contribution in [0.3, 0.4) is 0 Å². The number of hydrogen-bond acceptors (Lipinski definition) is 7. The molecule has 7 heteroatoms. The summed E-state index contributed by atoms with van der Waals surface area (Å²) in [6, 6.07) is 5.79. The normalized spacial score (nSPS) is 9.60. The van der Waals surface area contributed by atoms with Crippen molar-refractivity contribution in [2.75, 3.05) is 36.5 Å². The molecule has 1 rings (SSSR count). The van der Waals surface area contributed by atoms with Gasteiger partial charge in [0.2, 0.25) is 0 Å². The second-order valence-corrected chi connectivity index (χ2v) is 3.87. The number of nitrogens with zero attached hydrogens (tertiary/aromatic N) is 5. The fourth-order valence-electron chi connectivity index (χ4n) is 1.56. The first-order chi connectivity index (χ1) is 9.74. The molecule has 0 atom stereocenters. The number of hydrogen-bond donors (Lipinski definition) is 1. The van der Waals surface area contributed by atoms with Crippen LogP contribution in [-0.2, 0) is 11.3 Å². The minimum Gasteiger partial charge on any atom is -0.374 e. The van der Waals surface area contributed by atoms with E-state index >= 15 is 0 Å². The Kier molecular flexibility index (Phi) is 6.80. The van der Waals surface area contributed by atoms with Crippen LogP contribution in [-0.4, -0.2) is 36.2 Å². The van der Waals surface area contributed by atoms with E-state index in [9.17, 15) is 0 Å². The van der Waals surface area contributed by atoms with Gasteiger partial charge in [0.1, 0.15) is 31.3 Å². The Morgan fingerprint density at radius 1 is 1.25 bits per heavy atom. The summed E-state index contributed by atoms with van der Waals surface area (Å²) in [4.78, 5) is 10.3. The van der Waals surface area contributed by atoms with Crippen molar-refractivity contribution < 1.29 is 4.74 Å². The van der Waals surface area contributed by atoms with Gasteiger partial charge in [-0.1, -0.05) is 0 Å². The van der Waals surface area contributed by atoms with Gasteiger partial charge in [-0.2, -0.15) is 10.5 Å². The summed E-state index contributed by atoms with van der Waals surface area (Å²) < 4.78 is 5.31. The summed E-state index contributed by atoms with van der Waals surface area (Å²) in [5.41, 5.74) is 0. The highest BCUT2D eigenvalue weighted by Gasteiger charge is 2.11. The molecule has 106 valence electrons. The van der Waals surface area contributed by atoms with Crippen molar-refractivity contribution in [2.24, 2.45) is 0 Å². The molecule has 0 saturated heterocycles. The van der Waals surface area contributed by atoms with Crippen molar-refractivity contribution in [3.05, 3.63) is 11.9 Å². The maximum atomic E-state index is 8.82. The first-order valence-electron chi connectivity index (χ1n) is 6.43. The maximum Gasteiger partial charge on any atom is 0.158 e. The highest BCUT2D eigenvalue weighted by Crippen LogP contribution is 2.16. The largest absolute Gasteiger partial charge is 0.374 e. The zero-order chi connectivity index (χ0) is 14.8. The molecule has 1 aromatic rings. The van der Waals surface area contributed by atoms with E-state index in [1.807, 2.05) is 26.0 Å². The Balaban J connectivity index is 3.05. The molecule has 0 amide bonds. The average Bonchev–Trinajstić information content (AvgIpc) is 2.45. The predicted molar refractivity (Wildman–Crippen MR) is 75.0 cm³/mol. The predicted octanol–water partition coefficient (Wildman–Crippen LogP) is 1.30. The van der Waals surface area contributed by atoms with Crippen molar-refractivity contribution in [1.29, 1.82) is 10.5 Å². The molecule has 0 bridgehead atoms.